The predicted octanol–water partition coefficient (Wildman–Crippen LogP) is 4.00. The van der Waals surface area contributed by atoms with Gasteiger partial charge in [0.2, 0.25) is 0 Å². The average molecular weight is 263 g/mol. The van der Waals surface area contributed by atoms with E-state index in [4.69, 9.17) is 4.55 Å². The van der Waals surface area contributed by atoms with Gasteiger partial charge in [0.1, 0.15) is 0 Å². The van der Waals surface area contributed by atoms with Crippen molar-refractivity contribution in [2.24, 2.45) is 0 Å². The van der Waals surface area contributed by atoms with E-state index in [1.165, 1.54) is 44.9 Å². The fourth-order valence-electron chi connectivity index (χ4n) is 1.87. The van der Waals surface area contributed by atoms with Crippen molar-refractivity contribution < 1.29 is 13.0 Å². The molecule has 0 aliphatic rings. The van der Waals surface area contributed by atoms with Gasteiger partial charge in [0, 0.05) is 0 Å². The average Bonchev–Trinajstić information content (AvgIpc) is 2.24. The Morgan fingerprint density at radius 1 is 0.824 bits per heavy atom. The van der Waals surface area contributed by atoms with Crippen molar-refractivity contribution in [3.63, 3.8) is 0 Å². The van der Waals surface area contributed by atoms with E-state index < -0.39 is 10.1 Å². The van der Waals surface area contributed by atoms with Crippen molar-refractivity contribution in [3.8, 4) is 0 Å². The quantitative estimate of drug-likeness (QED) is 0.428. The molecule has 0 atom stereocenters. The standard InChI is InChI=1S/C13H27O3S/c1-2-3-4-5-6-7-8-9-10-11-12-13-17(14,15)16/h2H,3-13H2,1H3,(H,14,15,16). The summed E-state index contributed by atoms with van der Waals surface area (Å²) in [7, 11) is -3.74. The van der Waals surface area contributed by atoms with Crippen LogP contribution in [0.15, 0.2) is 0 Å². The molecule has 0 fully saturated rings. The Balaban J connectivity index is 3.04. The SMILES string of the molecule is C[CH]CCCCCCCCCCCS(=O)(=O)O. The molecule has 1 N–H and O–H groups in total. The van der Waals surface area contributed by atoms with Gasteiger partial charge >= 0.3 is 0 Å². The molecular formula is C13H27O3S. The third-order valence-corrected chi connectivity index (χ3v) is 3.70. The van der Waals surface area contributed by atoms with Crippen molar-refractivity contribution in [1.82, 2.24) is 0 Å². The Kier molecular flexibility index (Phi) is 11.0. The van der Waals surface area contributed by atoms with Crippen LogP contribution in [-0.2, 0) is 10.1 Å². The second-order valence-electron chi connectivity index (χ2n) is 4.66. The van der Waals surface area contributed by atoms with Gasteiger partial charge in [0.05, 0.1) is 5.75 Å². The molecule has 0 aromatic heterocycles. The van der Waals surface area contributed by atoms with Crippen LogP contribution in [0.4, 0.5) is 0 Å². The summed E-state index contributed by atoms with van der Waals surface area (Å²) < 4.78 is 29.4. The molecular weight excluding hydrogens is 236 g/mol. The Morgan fingerprint density at radius 3 is 1.65 bits per heavy atom. The molecule has 0 aliphatic heterocycles. The molecule has 3 nitrogen and oxygen atoms in total. The normalized spacial score (nSPS) is 11.9. The van der Waals surface area contributed by atoms with Crippen LogP contribution in [0.5, 0.6) is 0 Å². The van der Waals surface area contributed by atoms with Gasteiger partial charge in [-0.25, -0.2) is 0 Å². The molecule has 0 saturated carbocycles. The summed E-state index contributed by atoms with van der Waals surface area (Å²) in [5.41, 5.74) is 0. The van der Waals surface area contributed by atoms with Crippen molar-refractivity contribution in [2.45, 2.75) is 71.1 Å². The van der Waals surface area contributed by atoms with Gasteiger partial charge in [-0.3, -0.25) is 4.55 Å². The van der Waals surface area contributed by atoms with E-state index in [2.05, 4.69) is 13.3 Å². The third-order valence-electron chi connectivity index (χ3n) is 2.90. The minimum Gasteiger partial charge on any atom is -0.286 e. The van der Waals surface area contributed by atoms with Gasteiger partial charge in [-0.2, -0.15) is 8.42 Å². The topological polar surface area (TPSA) is 54.4 Å². The number of rotatable bonds is 12. The molecule has 17 heavy (non-hydrogen) atoms. The van der Waals surface area contributed by atoms with Gasteiger partial charge in [0.25, 0.3) is 10.1 Å². The minimum absolute atomic E-state index is 0.0828. The molecule has 0 bridgehead atoms. The molecule has 4 heteroatoms. The Hall–Kier alpha value is -0.0900. The summed E-state index contributed by atoms with van der Waals surface area (Å²) in [6.07, 6.45) is 13.7. The molecule has 0 heterocycles. The zero-order valence-electron chi connectivity index (χ0n) is 11.0. The largest absolute Gasteiger partial charge is 0.286 e. The lowest BCUT2D eigenvalue weighted by molar-refractivity contribution is 0.478. The first-order chi connectivity index (χ1) is 8.06. The maximum Gasteiger partial charge on any atom is 0.264 e. The van der Waals surface area contributed by atoms with Crippen LogP contribution < -0.4 is 0 Å². The fourth-order valence-corrected chi connectivity index (χ4v) is 2.44. The molecule has 0 aromatic rings. The summed E-state index contributed by atoms with van der Waals surface area (Å²) in [4.78, 5) is 0. The van der Waals surface area contributed by atoms with E-state index in [-0.39, 0.29) is 5.75 Å². The van der Waals surface area contributed by atoms with Crippen molar-refractivity contribution in [3.05, 3.63) is 6.42 Å². The number of hydrogen-bond donors (Lipinski definition) is 1. The van der Waals surface area contributed by atoms with Crippen LogP contribution in [0.25, 0.3) is 0 Å². The second-order valence-corrected chi connectivity index (χ2v) is 6.24. The van der Waals surface area contributed by atoms with Gasteiger partial charge < -0.3 is 0 Å². The first-order valence-electron chi connectivity index (χ1n) is 6.79. The Bertz CT molecular complexity index is 247. The van der Waals surface area contributed by atoms with Crippen LogP contribution >= 0.6 is 0 Å². The molecule has 0 unspecified atom stereocenters. The predicted molar refractivity (Wildman–Crippen MR) is 72.6 cm³/mol. The first kappa shape index (κ1) is 16.9. The highest BCUT2D eigenvalue weighted by atomic mass is 32.2. The third kappa shape index (κ3) is 15.9. The minimum atomic E-state index is -3.74. The van der Waals surface area contributed by atoms with Gasteiger partial charge in [-0.15, -0.1) is 0 Å². The molecule has 0 rings (SSSR count). The monoisotopic (exact) mass is 263 g/mol. The van der Waals surface area contributed by atoms with Crippen LogP contribution in [0.3, 0.4) is 0 Å². The van der Waals surface area contributed by atoms with Crippen LogP contribution in [0.1, 0.15) is 71.1 Å². The van der Waals surface area contributed by atoms with Gasteiger partial charge in [-0.1, -0.05) is 64.7 Å². The maximum atomic E-state index is 10.4. The van der Waals surface area contributed by atoms with Crippen molar-refractivity contribution in [1.29, 1.82) is 0 Å². The highest BCUT2D eigenvalue weighted by molar-refractivity contribution is 7.85. The van der Waals surface area contributed by atoms with E-state index in [9.17, 15) is 8.42 Å². The molecule has 0 aromatic carbocycles. The van der Waals surface area contributed by atoms with Crippen LogP contribution in [0, 0.1) is 6.42 Å². The molecule has 0 saturated heterocycles. The van der Waals surface area contributed by atoms with Gasteiger partial charge in [0.15, 0.2) is 0 Å². The van der Waals surface area contributed by atoms with Crippen LogP contribution in [0.2, 0.25) is 0 Å². The van der Waals surface area contributed by atoms with Crippen molar-refractivity contribution in [2.75, 3.05) is 5.75 Å². The zero-order chi connectivity index (χ0) is 13.0. The molecule has 0 aliphatic carbocycles. The van der Waals surface area contributed by atoms with Crippen molar-refractivity contribution >= 4 is 10.1 Å². The lowest BCUT2D eigenvalue weighted by atomic mass is 10.1. The van der Waals surface area contributed by atoms with Crippen LogP contribution in [-0.4, -0.2) is 18.7 Å². The Labute approximate surface area is 107 Å². The fraction of sp³-hybridized carbons (Fsp3) is 0.923. The molecule has 0 spiro atoms. The second kappa shape index (κ2) is 11.0. The van der Waals surface area contributed by atoms with E-state index in [1.807, 2.05) is 0 Å². The summed E-state index contributed by atoms with van der Waals surface area (Å²) >= 11 is 0. The van der Waals surface area contributed by atoms with E-state index in [0.29, 0.717) is 6.42 Å². The number of unbranched alkanes of at least 4 members (excludes halogenated alkanes) is 10. The van der Waals surface area contributed by atoms with E-state index in [0.717, 1.165) is 12.8 Å². The summed E-state index contributed by atoms with van der Waals surface area (Å²) in [5.74, 6) is -0.0828. The Morgan fingerprint density at radius 2 is 1.24 bits per heavy atom. The van der Waals surface area contributed by atoms with E-state index in [1.54, 1.807) is 0 Å². The summed E-state index contributed by atoms with van der Waals surface area (Å²) in [5, 5.41) is 0. The zero-order valence-corrected chi connectivity index (χ0v) is 11.8. The lowest BCUT2D eigenvalue weighted by Crippen LogP contribution is -2.03. The highest BCUT2D eigenvalue weighted by Crippen LogP contribution is 2.11. The van der Waals surface area contributed by atoms with E-state index >= 15 is 0 Å². The summed E-state index contributed by atoms with van der Waals surface area (Å²) in [6.45, 7) is 2.10. The lowest BCUT2D eigenvalue weighted by Gasteiger charge is -2.01. The summed E-state index contributed by atoms with van der Waals surface area (Å²) in [6, 6.07) is 0. The van der Waals surface area contributed by atoms with Gasteiger partial charge in [-0.05, 0) is 12.8 Å². The first-order valence-corrected chi connectivity index (χ1v) is 8.40. The maximum absolute atomic E-state index is 10.4. The molecule has 103 valence electrons. The number of hydrogen-bond acceptors (Lipinski definition) is 2. The molecule has 1 radical (unpaired) electrons. The molecule has 0 amide bonds. The highest BCUT2D eigenvalue weighted by Gasteiger charge is 2.02. The smallest absolute Gasteiger partial charge is 0.264 e.